The minimum atomic E-state index is -0.0252. The number of nitrogens with two attached hydrogens (primary N) is 1. The number of phenols is 1. The van der Waals surface area contributed by atoms with Crippen LogP contribution in [0, 0.1) is 0 Å². The summed E-state index contributed by atoms with van der Waals surface area (Å²) >= 11 is 3.22. The molecule has 0 amide bonds. The van der Waals surface area contributed by atoms with Crippen LogP contribution in [0.1, 0.15) is 18.0 Å². The number of rotatable bonds is 0. The van der Waals surface area contributed by atoms with Crippen LogP contribution in [0.3, 0.4) is 0 Å². The minimum absolute atomic E-state index is 0.0252. The van der Waals surface area contributed by atoms with Crippen LogP contribution in [0.2, 0.25) is 0 Å². The second kappa shape index (κ2) is 3.20. The molecule has 0 aliphatic carbocycles. The lowest BCUT2D eigenvalue weighted by Crippen LogP contribution is -2.20. The van der Waals surface area contributed by atoms with Gasteiger partial charge in [-0.1, -0.05) is 0 Å². The Kier molecular flexibility index (Phi) is 2.17. The summed E-state index contributed by atoms with van der Waals surface area (Å²) in [7, 11) is 0. The molecule has 0 spiro atoms. The van der Waals surface area contributed by atoms with Gasteiger partial charge in [-0.2, -0.15) is 0 Å². The summed E-state index contributed by atoms with van der Waals surface area (Å²) in [6.07, 6.45) is 0.800. The average Bonchev–Trinajstić information content (AvgIpc) is 2.09. The van der Waals surface area contributed by atoms with Crippen molar-refractivity contribution in [2.75, 3.05) is 6.61 Å². The molecular formula is C9H10BrNO2. The van der Waals surface area contributed by atoms with Crippen molar-refractivity contribution < 1.29 is 9.84 Å². The smallest absolute Gasteiger partial charge is 0.130 e. The van der Waals surface area contributed by atoms with Gasteiger partial charge in [0.2, 0.25) is 0 Å². The lowest BCUT2D eigenvalue weighted by Gasteiger charge is -2.23. The normalized spacial score (nSPS) is 20.6. The summed E-state index contributed by atoms with van der Waals surface area (Å²) in [5, 5.41) is 9.44. The number of hydrogen-bond acceptors (Lipinski definition) is 3. The molecule has 0 fully saturated rings. The summed E-state index contributed by atoms with van der Waals surface area (Å²) in [6.45, 7) is 0.644. The molecule has 1 aromatic carbocycles. The van der Waals surface area contributed by atoms with Gasteiger partial charge in [0.25, 0.3) is 0 Å². The van der Waals surface area contributed by atoms with E-state index in [0.717, 1.165) is 17.7 Å². The molecule has 1 aliphatic heterocycles. The molecule has 4 heteroatoms. The van der Waals surface area contributed by atoms with E-state index in [9.17, 15) is 5.11 Å². The van der Waals surface area contributed by atoms with Crippen LogP contribution in [0.15, 0.2) is 16.6 Å². The van der Waals surface area contributed by atoms with Crippen molar-refractivity contribution in [1.29, 1.82) is 0 Å². The van der Waals surface area contributed by atoms with Crippen molar-refractivity contribution >= 4 is 15.9 Å². The molecule has 13 heavy (non-hydrogen) atoms. The van der Waals surface area contributed by atoms with Crippen LogP contribution in [0.25, 0.3) is 0 Å². The van der Waals surface area contributed by atoms with Gasteiger partial charge in [-0.05, 0) is 28.1 Å². The lowest BCUT2D eigenvalue weighted by molar-refractivity contribution is 0.268. The summed E-state index contributed by atoms with van der Waals surface area (Å²) in [5.74, 6) is 0.975. The predicted molar refractivity (Wildman–Crippen MR) is 52.8 cm³/mol. The first kappa shape index (κ1) is 8.84. The highest BCUT2D eigenvalue weighted by molar-refractivity contribution is 9.10. The first-order chi connectivity index (χ1) is 6.18. The fraction of sp³-hybridized carbons (Fsp3) is 0.333. The molecule has 0 bridgehead atoms. The number of ether oxygens (including phenoxy) is 1. The van der Waals surface area contributed by atoms with Crippen molar-refractivity contribution in [3.8, 4) is 11.5 Å². The highest BCUT2D eigenvalue weighted by Gasteiger charge is 2.19. The molecule has 2 rings (SSSR count). The maximum atomic E-state index is 9.44. The quantitative estimate of drug-likeness (QED) is 0.733. The van der Waals surface area contributed by atoms with Crippen LogP contribution in [-0.2, 0) is 0 Å². The molecule has 3 N–H and O–H groups in total. The fourth-order valence-corrected chi connectivity index (χ4v) is 1.75. The summed E-state index contributed by atoms with van der Waals surface area (Å²) in [5.41, 5.74) is 6.74. The molecule has 1 aromatic rings. The summed E-state index contributed by atoms with van der Waals surface area (Å²) in [4.78, 5) is 0. The van der Waals surface area contributed by atoms with Crippen molar-refractivity contribution in [1.82, 2.24) is 0 Å². The van der Waals surface area contributed by atoms with Crippen LogP contribution in [-0.4, -0.2) is 11.7 Å². The molecule has 0 radical (unpaired) electrons. The van der Waals surface area contributed by atoms with E-state index in [1.54, 1.807) is 12.1 Å². The monoisotopic (exact) mass is 243 g/mol. The van der Waals surface area contributed by atoms with Gasteiger partial charge in [0.05, 0.1) is 11.1 Å². The van der Waals surface area contributed by atoms with Crippen LogP contribution >= 0.6 is 15.9 Å². The summed E-state index contributed by atoms with van der Waals surface area (Å²) < 4.78 is 6.05. The van der Waals surface area contributed by atoms with Gasteiger partial charge in [0, 0.05) is 18.0 Å². The molecular weight excluding hydrogens is 234 g/mol. The zero-order valence-electron chi connectivity index (χ0n) is 6.96. The number of benzene rings is 1. The second-order valence-corrected chi connectivity index (χ2v) is 3.94. The number of halogens is 1. The van der Waals surface area contributed by atoms with E-state index in [1.165, 1.54) is 0 Å². The number of hydrogen-bond donors (Lipinski definition) is 2. The standard InChI is InChI=1S/C9H10BrNO2/c10-6-4-9-5(3-8(6)12)7(11)1-2-13-9/h3-4,7,12H,1-2,11H2/t7-/m0/s1. The second-order valence-electron chi connectivity index (χ2n) is 3.09. The van der Waals surface area contributed by atoms with Gasteiger partial charge >= 0.3 is 0 Å². The first-order valence-corrected chi connectivity index (χ1v) is 4.88. The van der Waals surface area contributed by atoms with Crippen molar-refractivity contribution in [3.63, 3.8) is 0 Å². The van der Waals surface area contributed by atoms with E-state index in [0.29, 0.717) is 11.1 Å². The fourth-order valence-electron chi connectivity index (χ4n) is 1.43. The van der Waals surface area contributed by atoms with Crippen LogP contribution in [0.5, 0.6) is 11.5 Å². The molecule has 0 aromatic heterocycles. The third kappa shape index (κ3) is 1.51. The number of fused-ring (bicyclic) bond motifs is 1. The van der Waals surface area contributed by atoms with E-state index < -0.39 is 0 Å². The Balaban J connectivity index is 2.52. The van der Waals surface area contributed by atoms with Crippen molar-refractivity contribution in [3.05, 3.63) is 22.2 Å². The Hall–Kier alpha value is -0.740. The Morgan fingerprint density at radius 2 is 2.31 bits per heavy atom. The van der Waals surface area contributed by atoms with Gasteiger partial charge in [0.1, 0.15) is 11.5 Å². The maximum Gasteiger partial charge on any atom is 0.130 e. The van der Waals surface area contributed by atoms with Crippen molar-refractivity contribution in [2.24, 2.45) is 5.73 Å². The van der Waals surface area contributed by atoms with Crippen LogP contribution < -0.4 is 10.5 Å². The molecule has 1 atom stereocenters. The van der Waals surface area contributed by atoms with E-state index in [2.05, 4.69) is 15.9 Å². The molecule has 3 nitrogen and oxygen atoms in total. The van der Waals surface area contributed by atoms with Gasteiger partial charge in [-0.25, -0.2) is 0 Å². The zero-order chi connectivity index (χ0) is 9.42. The SMILES string of the molecule is N[C@H]1CCOc2cc(Br)c(O)cc21. The largest absolute Gasteiger partial charge is 0.507 e. The van der Waals surface area contributed by atoms with E-state index in [1.807, 2.05) is 0 Å². The highest BCUT2D eigenvalue weighted by atomic mass is 79.9. The Bertz CT molecular complexity index is 341. The first-order valence-electron chi connectivity index (χ1n) is 4.09. The molecule has 0 saturated carbocycles. The molecule has 0 saturated heterocycles. The zero-order valence-corrected chi connectivity index (χ0v) is 8.54. The maximum absolute atomic E-state index is 9.44. The van der Waals surface area contributed by atoms with E-state index in [4.69, 9.17) is 10.5 Å². The average molecular weight is 244 g/mol. The molecule has 1 aliphatic rings. The van der Waals surface area contributed by atoms with Gasteiger partial charge in [0.15, 0.2) is 0 Å². The highest BCUT2D eigenvalue weighted by Crippen LogP contribution is 2.37. The molecule has 70 valence electrons. The third-order valence-corrected chi connectivity index (χ3v) is 2.80. The summed E-state index contributed by atoms with van der Waals surface area (Å²) in [6, 6.07) is 3.38. The Morgan fingerprint density at radius 3 is 3.08 bits per heavy atom. The number of phenolic OH excluding ortho intramolecular Hbond substituents is 1. The van der Waals surface area contributed by atoms with Gasteiger partial charge in [-0.3, -0.25) is 0 Å². The molecule has 1 heterocycles. The van der Waals surface area contributed by atoms with Crippen molar-refractivity contribution in [2.45, 2.75) is 12.5 Å². The Morgan fingerprint density at radius 1 is 1.54 bits per heavy atom. The van der Waals surface area contributed by atoms with Gasteiger partial charge < -0.3 is 15.6 Å². The van der Waals surface area contributed by atoms with Gasteiger partial charge in [-0.15, -0.1) is 0 Å². The number of aromatic hydroxyl groups is 1. The predicted octanol–water partition coefficient (Wildman–Crippen LogP) is 1.94. The topological polar surface area (TPSA) is 55.5 Å². The van der Waals surface area contributed by atoms with Crippen LogP contribution in [0.4, 0.5) is 0 Å². The van der Waals surface area contributed by atoms with E-state index >= 15 is 0 Å². The Labute approximate surface area is 84.6 Å². The third-order valence-electron chi connectivity index (χ3n) is 2.17. The van der Waals surface area contributed by atoms with E-state index in [-0.39, 0.29) is 11.8 Å². The minimum Gasteiger partial charge on any atom is -0.507 e. The molecule has 0 unspecified atom stereocenters. The lowest BCUT2D eigenvalue weighted by atomic mass is 10.0.